The third-order valence-electron chi connectivity index (χ3n) is 2.65. The van der Waals surface area contributed by atoms with Crippen LogP contribution in [0.3, 0.4) is 0 Å². The van der Waals surface area contributed by atoms with Gasteiger partial charge in [-0.05, 0) is 31.3 Å². The van der Waals surface area contributed by atoms with E-state index in [4.69, 9.17) is 18.0 Å². The summed E-state index contributed by atoms with van der Waals surface area (Å²) in [6.07, 6.45) is 0. The predicted molar refractivity (Wildman–Crippen MR) is 78.1 cm³/mol. The van der Waals surface area contributed by atoms with Crippen molar-refractivity contribution < 1.29 is 9.72 Å². The SMILES string of the molecule is CC1=NN(C(N)=S)C(=O)C1N=Nc1ccc([N+](=O)[O-])cc1. The van der Waals surface area contributed by atoms with Crippen LogP contribution < -0.4 is 5.73 Å². The predicted octanol–water partition coefficient (Wildman–Crippen LogP) is 1.51. The number of rotatable bonds is 3. The highest BCUT2D eigenvalue weighted by molar-refractivity contribution is 7.80. The Hall–Kier alpha value is -2.75. The molecule has 0 spiro atoms. The molecule has 1 aromatic rings. The molecule has 0 aliphatic carbocycles. The number of amides is 1. The summed E-state index contributed by atoms with van der Waals surface area (Å²) >= 11 is 4.69. The smallest absolute Gasteiger partial charge is 0.282 e. The minimum Gasteiger partial charge on any atom is -0.374 e. The number of nitrogens with zero attached hydrogens (tertiary/aromatic N) is 5. The summed E-state index contributed by atoms with van der Waals surface area (Å²) < 4.78 is 0. The molecule has 21 heavy (non-hydrogen) atoms. The zero-order chi connectivity index (χ0) is 15.6. The molecule has 2 rings (SSSR count). The van der Waals surface area contributed by atoms with E-state index in [0.29, 0.717) is 11.4 Å². The van der Waals surface area contributed by atoms with Gasteiger partial charge in [0.1, 0.15) is 0 Å². The Bertz CT molecular complexity index is 669. The summed E-state index contributed by atoms with van der Waals surface area (Å²) in [7, 11) is 0. The molecule has 1 aliphatic rings. The molecule has 1 atom stereocenters. The zero-order valence-corrected chi connectivity index (χ0v) is 11.6. The number of hydrogen-bond donors (Lipinski definition) is 1. The summed E-state index contributed by atoms with van der Waals surface area (Å²) in [5, 5.41) is 22.9. The number of hydrogen-bond acceptors (Lipinski definition) is 7. The van der Waals surface area contributed by atoms with Crippen molar-refractivity contribution in [1.29, 1.82) is 0 Å². The van der Waals surface area contributed by atoms with Crippen molar-refractivity contribution in [3.8, 4) is 0 Å². The van der Waals surface area contributed by atoms with Gasteiger partial charge in [0.2, 0.25) is 0 Å². The summed E-state index contributed by atoms with van der Waals surface area (Å²) in [6, 6.07) is 4.57. The Balaban J connectivity index is 2.15. The zero-order valence-electron chi connectivity index (χ0n) is 10.8. The molecule has 2 N–H and O–H groups in total. The molecular weight excluding hydrogens is 296 g/mol. The molecule has 10 heteroatoms. The van der Waals surface area contributed by atoms with Crippen LogP contribution in [-0.4, -0.2) is 32.7 Å². The normalized spacial score (nSPS) is 18.1. The largest absolute Gasteiger partial charge is 0.374 e. The first kappa shape index (κ1) is 14.7. The standard InChI is InChI=1S/C11H10N6O3S/c1-6-9(10(18)16(15-6)11(12)21)14-13-7-2-4-8(5-3-7)17(19)20/h2-5,9H,1H3,(H2,12,21). The minimum atomic E-state index is -0.887. The Kier molecular flexibility index (Phi) is 3.98. The van der Waals surface area contributed by atoms with Gasteiger partial charge in [-0.1, -0.05) is 0 Å². The monoisotopic (exact) mass is 306 g/mol. The number of benzene rings is 1. The summed E-state index contributed by atoms with van der Waals surface area (Å²) in [5.41, 5.74) is 6.11. The van der Waals surface area contributed by atoms with Crippen molar-refractivity contribution in [2.24, 2.45) is 21.1 Å². The number of carbonyl (C=O) groups excluding carboxylic acids is 1. The van der Waals surface area contributed by atoms with Crippen LogP contribution in [0, 0.1) is 10.1 Å². The number of nitro benzene ring substituents is 1. The highest BCUT2D eigenvalue weighted by Gasteiger charge is 2.35. The van der Waals surface area contributed by atoms with E-state index in [2.05, 4.69) is 15.3 Å². The first-order valence-corrected chi connectivity index (χ1v) is 6.15. The van der Waals surface area contributed by atoms with E-state index >= 15 is 0 Å². The topological polar surface area (TPSA) is 127 Å². The van der Waals surface area contributed by atoms with Crippen LogP contribution in [0.2, 0.25) is 0 Å². The van der Waals surface area contributed by atoms with E-state index in [0.717, 1.165) is 5.01 Å². The van der Waals surface area contributed by atoms with Crippen LogP contribution in [0.4, 0.5) is 11.4 Å². The van der Waals surface area contributed by atoms with Gasteiger partial charge in [0, 0.05) is 12.1 Å². The Morgan fingerprint density at radius 3 is 2.57 bits per heavy atom. The molecular formula is C11H10N6O3S. The lowest BCUT2D eigenvalue weighted by molar-refractivity contribution is -0.384. The third-order valence-corrected chi connectivity index (χ3v) is 2.83. The molecule has 1 heterocycles. The Morgan fingerprint density at radius 2 is 2.10 bits per heavy atom. The van der Waals surface area contributed by atoms with E-state index in [1.165, 1.54) is 24.3 Å². The number of carbonyl (C=O) groups is 1. The van der Waals surface area contributed by atoms with Gasteiger partial charge in [0.25, 0.3) is 11.6 Å². The maximum atomic E-state index is 11.9. The molecule has 0 aromatic heterocycles. The fraction of sp³-hybridized carbons (Fsp3) is 0.182. The van der Waals surface area contributed by atoms with Crippen molar-refractivity contribution >= 4 is 40.3 Å². The van der Waals surface area contributed by atoms with Gasteiger partial charge >= 0.3 is 0 Å². The third kappa shape index (κ3) is 3.05. The highest BCUT2D eigenvalue weighted by atomic mass is 32.1. The second-order valence-corrected chi connectivity index (χ2v) is 4.54. The van der Waals surface area contributed by atoms with E-state index in [-0.39, 0.29) is 10.8 Å². The van der Waals surface area contributed by atoms with Crippen molar-refractivity contribution in [2.45, 2.75) is 13.0 Å². The van der Waals surface area contributed by atoms with Gasteiger partial charge in [-0.25, -0.2) is 0 Å². The van der Waals surface area contributed by atoms with Crippen LogP contribution in [0.1, 0.15) is 6.92 Å². The van der Waals surface area contributed by atoms with Crippen molar-refractivity contribution in [1.82, 2.24) is 5.01 Å². The Labute approximate surface area is 124 Å². The first-order valence-electron chi connectivity index (χ1n) is 5.74. The summed E-state index contributed by atoms with van der Waals surface area (Å²) in [4.78, 5) is 21.9. The van der Waals surface area contributed by atoms with E-state index < -0.39 is 16.9 Å². The van der Waals surface area contributed by atoms with Crippen LogP contribution in [-0.2, 0) is 4.79 Å². The van der Waals surface area contributed by atoms with E-state index in [1.54, 1.807) is 6.92 Å². The molecule has 1 aromatic carbocycles. The lowest BCUT2D eigenvalue weighted by atomic mass is 10.2. The number of thiocarbonyl (C=S) groups is 1. The average molecular weight is 306 g/mol. The first-order chi connectivity index (χ1) is 9.90. The maximum absolute atomic E-state index is 11.9. The number of nitrogens with two attached hydrogens (primary N) is 1. The molecule has 0 saturated carbocycles. The molecule has 0 saturated heterocycles. The molecule has 1 amide bonds. The second kappa shape index (κ2) is 5.71. The summed E-state index contributed by atoms with van der Waals surface area (Å²) in [5.74, 6) is -0.481. The fourth-order valence-electron chi connectivity index (χ4n) is 1.61. The number of hydrazone groups is 1. The van der Waals surface area contributed by atoms with Crippen LogP contribution in [0.25, 0.3) is 0 Å². The van der Waals surface area contributed by atoms with Gasteiger partial charge < -0.3 is 5.73 Å². The van der Waals surface area contributed by atoms with Crippen molar-refractivity contribution in [3.63, 3.8) is 0 Å². The van der Waals surface area contributed by atoms with Gasteiger partial charge in [0.15, 0.2) is 11.2 Å². The van der Waals surface area contributed by atoms with Gasteiger partial charge in [-0.15, -0.1) is 0 Å². The lowest BCUT2D eigenvalue weighted by Gasteiger charge is -2.08. The number of azo groups is 1. The second-order valence-electron chi connectivity index (χ2n) is 4.12. The molecule has 0 fully saturated rings. The molecule has 108 valence electrons. The van der Waals surface area contributed by atoms with E-state index in [1.807, 2.05) is 0 Å². The van der Waals surface area contributed by atoms with Crippen molar-refractivity contribution in [3.05, 3.63) is 34.4 Å². The molecule has 1 unspecified atom stereocenters. The quantitative estimate of drug-likeness (QED) is 0.392. The molecule has 0 radical (unpaired) electrons. The number of nitro groups is 1. The molecule has 9 nitrogen and oxygen atoms in total. The number of non-ortho nitro benzene ring substituents is 1. The van der Waals surface area contributed by atoms with Crippen LogP contribution in [0.15, 0.2) is 39.6 Å². The minimum absolute atomic E-state index is 0.0525. The van der Waals surface area contributed by atoms with Crippen molar-refractivity contribution in [2.75, 3.05) is 0 Å². The highest BCUT2D eigenvalue weighted by Crippen LogP contribution is 2.20. The average Bonchev–Trinajstić information content (AvgIpc) is 2.72. The van der Waals surface area contributed by atoms with Crippen LogP contribution in [0.5, 0.6) is 0 Å². The molecule has 1 aliphatic heterocycles. The maximum Gasteiger partial charge on any atom is 0.282 e. The van der Waals surface area contributed by atoms with Gasteiger partial charge in [0.05, 0.1) is 16.3 Å². The van der Waals surface area contributed by atoms with Gasteiger partial charge in [-0.3, -0.25) is 14.9 Å². The van der Waals surface area contributed by atoms with Crippen LogP contribution >= 0.6 is 12.2 Å². The summed E-state index contributed by atoms with van der Waals surface area (Å²) in [6.45, 7) is 1.61. The Morgan fingerprint density at radius 1 is 1.48 bits per heavy atom. The van der Waals surface area contributed by atoms with Gasteiger partial charge in [-0.2, -0.15) is 20.3 Å². The lowest BCUT2D eigenvalue weighted by Crippen LogP contribution is -2.37. The molecule has 0 bridgehead atoms. The fourth-order valence-corrected chi connectivity index (χ4v) is 1.74. The van der Waals surface area contributed by atoms with E-state index in [9.17, 15) is 14.9 Å².